The van der Waals surface area contributed by atoms with Crippen molar-refractivity contribution in [1.82, 2.24) is 15.2 Å². The molecular formula is C27H23F4N7O2. The largest absolute Gasteiger partial charge is 0.481 e. The molecule has 2 heterocycles. The minimum absolute atomic E-state index is 0.00640. The molecule has 2 aromatic heterocycles. The van der Waals surface area contributed by atoms with Gasteiger partial charge >= 0.3 is 6.18 Å². The van der Waals surface area contributed by atoms with Crippen LogP contribution in [0, 0.1) is 11.4 Å². The lowest BCUT2D eigenvalue weighted by Gasteiger charge is -2.13. The smallest absolute Gasteiger partial charge is 0.431 e. The second-order valence-corrected chi connectivity index (χ2v) is 7.80. The maximum absolute atomic E-state index is 13.6. The van der Waals surface area contributed by atoms with Crippen molar-refractivity contribution >= 4 is 29.5 Å². The first-order valence-corrected chi connectivity index (χ1v) is 11.5. The van der Waals surface area contributed by atoms with Crippen molar-refractivity contribution in [3.8, 4) is 11.1 Å². The minimum Gasteiger partial charge on any atom is -0.481 e. The Morgan fingerprint density at radius 2 is 1.77 bits per heavy atom. The highest BCUT2D eigenvalue weighted by Crippen LogP contribution is 2.27. The molecule has 0 bridgehead atoms. The minimum atomic E-state index is -4.82. The number of anilines is 2. The summed E-state index contributed by atoms with van der Waals surface area (Å²) in [6.45, 7) is 1.67. The van der Waals surface area contributed by atoms with E-state index >= 15 is 0 Å². The summed E-state index contributed by atoms with van der Waals surface area (Å²) in [6.07, 6.45) is 2.41. The summed E-state index contributed by atoms with van der Waals surface area (Å²) < 4.78 is 58.7. The number of amides is 1. The molecular weight excluding hydrogens is 530 g/mol. The second kappa shape index (κ2) is 13.6. The number of nitrogens with zero attached hydrogens (tertiary/aromatic N) is 4. The lowest BCUT2D eigenvalue weighted by molar-refractivity contribution is -0.0901. The van der Waals surface area contributed by atoms with Crippen LogP contribution in [0.2, 0.25) is 0 Å². The monoisotopic (exact) mass is 553 g/mol. The van der Waals surface area contributed by atoms with E-state index in [1.807, 2.05) is 0 Å². The zero-order valence-corrected chi connectivity index (χ0v) is 21.2. The summed E-state index contributed by atoms with van der Waals surface area (Å²) in [5.74, 6) is -1.23. The summed E-state index contributed by atoms with van der Waals surface area (Å²) in [6, 6.07) is 11.7. The molecule has 0 spiro atoms. The van der Waals surface area contributed by atoms with Crippen molar-refractivity contribution < 1.29 is 27.1 Å². The van der Waals surface area contributed by atoms with E-state index < -0.39 is 29.4 Å². The molecule has 0 aliphatic rings. The first kappa shape index (κ1) is 29.4. The summed E-state index contributed by atoms with van der Waals surface area (Å²) in [7, 11) is 1.38. The number of aromatic nitrogens is 3. The topological polar surface area (TPSA) is 125 Å². The molecule has 0 unspecified atom stereocenters. The third-order valence-electron chi connectivity index (χ3n) is 4.94. The van der Waals surface area contributed by atoms with Gasteiger partial charge in [-0.2, -0.15) is 17.6 Å². The molecule has 40 heavy (non-hydrogen) atoms. The predicted molar refractivity (Wildman–Crippen MR) is 144 cm³/mol. The fourth-order valence-electron chi connectivity index (χ4n) is 3.10. The highest BCUT2D eigenvalue weighted by Gasteiger charge is 2.34. The molecule has 0 saturated heterocycles. The first-order chi connectivity index (χ1) is 19.1. The number of benzene rings is 1. The van der Waals surface area contributed by atoms with Crippen LogP contribution >= 0.6 is 0 Å². The summed E-state index contributed by atoms with van der Waals surface area (Å²) >= 11 is 0. The van der Waals surface area contributed by atoms with E-state index in [0.717, 1.165) is 6.08 Å². The molecule has 0 aliphatic carbocycles. The van der Waals surface area contributed by atoms with Gasteiger partial charge in [0.2, 0.25) is 11.8 Å². The third kappa shape index (κ3) is 8.68. The van der Waals surface area contributed by atoms with Crippen LogP contribution in [-0.2, 0) is 4.74 Å². The van der Waals surface area contributed by atoms with E-state index in [-0.39, 0.29) is 23.1 Å². The lowest BCUT2D eigenvalue weighted by atomic mass is 10.0. The van der Waals surface area contributed by atoms with Crippen molar-refractivity contribution in [2.45, 2.75) is 13.1 Å². The van der Waals surface area contributed by atoms with Crippen LogP contribution < -0.4 is 10.6 Å². The maximum Gasteiger partial charge on any atom is 0.431 e. The molecule has 3 N–H and O–H groups in total. The number of alkyl halides is 3. The number of rotatable bonds is 10. The summed E-state index contributed by atoms with van der Waals surface area (Å²) in [4.78, 5) is 20.2. The van der Waals surface area contributed by atoms with Crippen molar-refractivity contribution in [1.29, 1.82) is 5.41 Å². The van der Waals surface area contributed by atoms with E-state index in [4.69, 9.17) is 10.1 Å². The number of ether oxygens (including phenoxy) is 1. The van der Waals surface area contributed by atoms with E-state index in [2.05, 4.69) is 30.8 Å². The van der Waals surface area contributed by atoms with E-state index in [9.17, 15) is 22.4 Å². The maximum atomic E-state index is 13.6. The Kier molecular flexibility index (Phi) is 9.95. The lowest BCUT2D eigenvalue weighted by Crippen LogP contribution is -2.21. The van der Waals surface area contributed by atoms with Crippen LogP contribution in [0.15, 0.2) is 95.6 Å². The van der Waals surface area contributed by atoms with E-state index in [1.165, 1.54) is 55.9 Å². The Morgan fingerprint density at radius 3 is 2.38 bits per heavy atom. The summed E-state index contributed by atoms with van der Waals surface area (Å²) in [5.41, 5.74) is -0.216. The van der Waals surface area contributed by atoms with E-state index in [0.29, 0.717) is 17.2 Å². The number of hydrogen-bond acceptors (Lipinski definition) is 8. The average molecular weight is 554 g/mol. The van der Waals surface area contributed by atoms with Crippen LogP contribution in [0.4, 0.5) is 29.2 Å². The number of methoxy groups -OCH3 is 1. The van der Waals surface area contributed by atoms with Gasteiger partial charge in [-0.1, -0.05) is 18.2 Å². The van der Waals surface area contributed by atoms with Crippen LogP contribution in [0.25, 0.3) is 11.1 Å². The number of hydrogen-bond donors (Lipinski definition) is 3. The second-order valence-electron chi connectivity index (χ2n) is 7.80. The van der Waals surface area contributed by atoms with Crippen molar-refractivity contribution in [2.75, 3.05) is 17.7 Å². The molecule has 0 saturated carbocycles. The number of halogens is 4. The molecule has 3 rings (SSSR count). The van der Waals surface area contributed by atoms with E-state index in [1.54, 1.807) is 31.2 Å². The van der Waals surface area contributed by atoms with Gasteiger partial charge in [-0.15, -0.1) is 10.2 Å². The van der Waals surface area contributed by atoms with Gasteiger partial charge in [0.15, 0.2) is 11.6 Å². The quantitative estimate of drug-likeness (QED) is 0.0938. The summed E-state index contributed by atoms with van der Waals surface area (Å²) in [5, 5.41) is 19.9. The fraction of sp³-hybridized carbons (Fsp3) is 0.111. The molecule has 9 nitrogen and oxygen atoms in total. The SMILES string of the molecule is C\C=N/C(=C\C=C\C(=N)/C=C(\Nc1ccc(NC(=O)c2cccc(-c3ccc(F)nc3)c2)nn1)C(F)(F)F)OC. The highest BCUT2D eigenvalue weighted by molar-refractivity contribution is 6.04. The number of aliphatic imine (C=N–C) groups is 1. The van der Waals surface area contributed by atoms with Gasteiger partial charge in [0, 0.05) is 29.6 Å². The van der Waals surface area contributed by atoms with Crippen molar-refractivity contribution in [2.24, 2.45) is 4.99 Å². The zero-order chi connectivity index (χ0) is 29.1. The molecule has 0 atom stereocenters. The highest BCUT2D eigenvalue weighted by atomic mass is 19.4. The Balaban J connectivity index is 1.69. The number of carbonyl (C=O) groups excluding carboxylic acids is 1. The first-order valence-electron chi connectivity index (χ1n) is 11.5. The van der Waals surface area contributed by atoms with Crippen molar-refractivity contribution in [3.63, 3.8) is 0 Å². The number of carbonyl (C=O) groups is 1. The number of nitrogens with one attached hydrogen (secondary N) is 3. The van der Waals surface area contributed by atoms with Gasteiger partial charge < -0.3 is 20.8 Å². The molecule has 13 heteroatoms. The zero-order valence-electron chi connectivity index (χ0n) is 21.2. The van der Waals surface area contributed by atoms with Gasteiger partial charge in [0.25, 0.3) is 5.91 Å². The molecule has 1 amide bonds. The molecule has 206 valence electrons. The van der Waals surface area contributed by atoms with Gasteiger partial charge in [0.1, 0.15) is 5.70 Å². The van der Waals surface area contributed by atoms with Crippen LogP contribution in [0.3, 0.4) is 0 Å². The van der Waals surface area contributed by atoms with Crippen LogP contribution in [0.5, 0.6) is 0 Å². The van der Waals surface area contributed by atoms with Crippen molar-refractivity contribution in [3.05, 3.63) is 102 Å². The molecule has 3 aromatic rings. The van der Waals surface area contributed by atoms with Gasteiger partial charge in [-0.25, -0.2) is 9.98 Å². The Labute approximate surface area is 226 Å². The Hall–Kier alpha value is -5.20. The Bertz CT molecular complexity index is 1460. The normalized spacial score (nSPS) is 12.6. The van der Waals surface area contributed by atoms with Gasteiger partial charge in [0.05, 0.1) is 12.8 Å². The fourth-order valence-corrected chi connectivity index (χ4v) is 3.10. The third-order valence-corrected chi connectivity index (χ3v) is 4.94. The average Bonchev–Trinajstić information content (AvgIpc) is 2.93. The van der Waals surface area contributed by atoms with Crippen LogP contribution in [-0.4, -0.2) is 46.3 Å². The van der Waals surface area contributed by atoms with Gasteiger partial charge in [-0.05, 0) is 61.0 Å². The number of pyridine rings is 1. The molecule has 0 aliphatic heterocycles. The molecule has 0 radical (unpaired) electrons. The van der Waals surface area contributed by atoms with Gasteiger partial charge in [-0.3, -0.25) is 4.79 Å². The standard InChI is InChI=1S/C27H23F4N7O2/c1-3-33-25(40-2)9-5-8-20(32)15-21(27(29,30)31)35-23-12-13-24(38-37-23)36-26(39)18-7-4-6-17(14-18)19-10-11-22(28)34-16-19/h3-16,32H,1-2H3,(H,35,37)(H,36,38,39)/b8-5+,21-15-,25-9+,32-20?,33-3-. The molecule has 1 aromatic carbocycles. The predicted octanol–water partition coefficient (Wildman–Crippen LogP) is 5.94. The van der Waals surface area contributed by atoms with Crippen LogP contribution in [0.1, 0.15) is 17.3 Å². The Morgan fingerprint density at radius 1 is 1.05 bits per heavy atom. The number of allylic oxidation sites excluding steroid dienone is 5. The molecule has 0 fully saturated rings.